The zero-order chi connectivity index (χ0) is 14.4. The van der Waals surface area contributed by atoms with E-state index in [2.05, 4.69) is 23.8 Å². The molecule has 0 aromatic heterocycles. The predicted molar refractivity (Wildman–Crippen MR) is 87.1 cm³/mol. The van der Waals surface area contributed by atoms with Crippen LogP contribution in [0.25, 0.3) is 0 Å². The van der Waals surface area contributed by atoms with Gasteiger partial charge in [0.25, 0.3) is 0 Å². The van der Waals surface area contributed by atoms with Gasteiger partial charge in [0.05, 0.1) is 0 Å². The first-order valence-electron chi connectivity index (χ1n) is 8.22. The molecule has 0 spiro atoms. The average Bonchev–Trinajstić information content (AvgIpc) is 2.49. The molecule has 2 unspecified atom stereocenters. The van der Waals surface area contributed by atoms with Crippen molar-refractivity contribution in [3.05, 3.63) is 0 Å². The third-order valence-corrected chi connectivity index (χ3v) is 6.16. The topological polar surface area (TPSA) is 41.1 Å². The molecule has 0 radical (unpaired) electrons. The highest BCUT2D eigenvalue weighted by Crippen LogP contribution is 2.27. The van der Waals surface area contributed by atoms with E-state index in [0.29, 0.717) is 24.3 Å². The Bertz CT molecular complexity index is 297. The average molecular weight is 298 g/mol. The molecule has 2 fully saturated rings. The maximum absolute atomic E-state index is 12.2. The predicted octanol–water partition coefficient (Wildman–Crippen LogP) is 2.80. The summed E-state index contributed by atoms with van der Waals surface area (Å²) in [5.41, 5.74) is 0. The maximum Gasteiger partial charge on any atom is 0.220 e. The standard InChI is InChI=1S/C16H30N2OS/c1-12(13-4-3-9-17-11-13)10-16(19)18-14-5-7-15(20-2)8-6-14/h12-15,17H,3-11H2,1-2H3,(H,18,19). The van der Waals surface area contributed by atoms with Crippen molar-refractivity contribution in [2.75, 3.05) is 19.3 Å². The number of rotatable bonds is 5. The SMILES string of the molecule is CSC1CCC(NC(=O)CC(C)C2CCCNC2)CC1. The van der Waals surface area contributed by atoms with Crippen molar-refractivity contribution in [2.45, 2.75) is 63.2 Å². The Balaban J connectivity index is 1.67. The summed E-state index contributed by atoms with van der Waals surface area (Å²) >= 11 is 1.98. The summed E-state index contributed by atoms with van der Waals surface area (Å²) in [6.45, 7) is 4.48. The van der Waals surface area contributed by atoms with Crippen molar-refractivity contribution >= 4 is 17.7 Å². The monoisotopic (exact) mass is 298 g/mol. The van der Waals surface area contributed by atoms with Gasteiger partial charge in [0.1, 0.15) is 0 Å². The van der Waals surface area contributed by atoms with Crippen LogP contribution >= 0.6 is 11.8 Å². The minimum absolute atomic E-state index is 0.274. The van der Waals surface area contributed by atoms with E-state index in [1.165, 1.54) is 25.7 Å². The molecule has 1 saturated heterocycles. The summed E-state index contributed by atoms with van der Waals surface area (Å²) in [4.78, 5) is 12.2. The van der Waals surface area contributed by atoms with E-state index in [1.54, 1.807) is 0 Å². The first-order valence-corrected chi connectivity index (χ1v) is 9.50. The van der Waals surface area contributed by atoms with Gasteiger partial charge in [-0.15, -0.1) is 0 Å². The van der Waals surface area contributed by atoms with Gasteiger partial charge in [0, 0.05) is 17.7 Å². The molecule has 0 aromatic carbocycles. The molecular weight excluding hydrogens is 268 g/mol. The molecule has 1 aliphatic carbocycles. The fourth-order valence-corrected chi connectivity index (χ4v) is 4.30. The van der Waals surface area contributed by atoms with Gasteiger partial charge < -0.3 is 10.6 Å². The molecule has 1 saturated carbocycles. The Kier molecular flexibility index (Phi) is 6.69. The van der Waals surface area contributed by atoms with E-state index in [1.807, 2.05) is 11.8 Å². The third kappa shape index (κ3) is 4.96. The number of carbonyl (C=O) groups excluding carboxylic acids is 1. The zero-order valence-corrected chi connectivity index (χ0v) is 13.8. The van der Waals surface area contributed by atoms with Crippen molar-refractivity contribution < 1.29 is 4.79 Å². The van der Waals surface area contributed by atoms with Crippen LogP contribution in [0, 0.1) is 11.8 Å². The summed E-state index contributed by atoms with van der Waals surface area (Å²) in [6.07, 6.45) is 10.3. The van der Waals surface area contributed by atoms with Crippen LogP contribution in [-0.2, 0) is 4.79 Å². The number of piperidine rings is 1. The van der Waals surface area contributed by atoms with Crippen LogP contribution in [0.3, 0.4) is 0 Å². The first kappa shape index (κ1) is 16.2. The molecule has 1 amide bonds. The lowest BCUT2D eigenvalue weighted by Gasteiger charge is -2.30. The van der Waals surface area contributed by atoms with E-state index in [-0.39, 0.29) is 5.91 Å². The number of nitrogens with one attached hydrogen (secondary N) is 2. The van der Waals surface area contributed by atoms with Gasteiger partial charge in [0.2, 0.25) is 5.91 Å². The van der Waals surface area contributed by atoms with Crippen molar-refractivity contribution in [3.63, 3.8) is 0 Å². The van der Waals surface area contributed by atoms with Gasteiger partial charge in [0.15, 0.2) is 0 Å². The lowest BCUT2D eigenvalue weighted by molar-refractivity contribution is -0.123. The number of carbonyl (C=O) groups is 1. The fourth-order valence-electron chi connectivity index (χ4n) is 3.55. The van der Waals surface area contributed by atoms with Crippen molar-refractivity contribution in [1.82, 2.24) is 10.6 Å². The quantitative estimate of drug-likeness (QED) is 0.820. The molecule has 4 heteroatoms. The van der Waals surface area contributed by atoms with Gasteiger partial charge in [-0.1, -0.05) is 6.92 Å². The Morgan fingerprint density at radius 2 is 2.05 bits per heavy atom. The van der Waals surface area contributed by atoms with E-state index < -0.39 is 0 Å². The van der Waals surface area contributed by atoms with Gasteiger partial charge in [-0.3, -0.25) is 4.79 Å². The Hall–Kier alpha value is -0.220. The summed E-state index contributed by atoms with van der Waals surface area (Å²) in [5, 5.41) is 7.53. The van der Waals surface area contributed by atoms with Crippen LogP contribution < -0.4 is 10.6 Å². The molecule has 2 atom stereocenters. The highest BCUT2D eigenvalue weighted by atomic mass is 32.2. The van der Waals surface area contributed by atoms with Crippen molar-refractivity contribution in [1.29, 1.82) is 0 Å². The second-order valence-corrected chi connectivity index (χ2v) is 7.70. The van der Waals surface area contributed by atoms with Crippen LogP contribution in [-0.4, -0.2) is 36.5 Å². The molecule has 0 bridgehead atoms. The van der Waals surface area contributed by atoms with Gasteiger partial charge >= 0.3 is 0 Å². The largest absolute Gasteiger partial charge is 0.353 e. The van der Waals surface area contributed by atoms with Crippen LogP contribution in [0.15, 0.2) is 0 Å². The smallest absolute Gasteiger partial charge is 0.220 e. The van der Waals surface area contributed by atoms with Gasteiger partial charge in [-0.2, -0.15) is 11.8 Å². The van der Waals surface area contributed by atoms with Crippen LogP contribution in [0.4, 0.5) is 0 Å². The van der Waals surface area contributed by atoms with E-state index in [4.69, 9.17) is 0 Å². The Morgan fingerprint density at radius 1 is 1.30 bits per heavy atom. The first-order chi connectivity index (χ1) is 9.69. The lowest BCUT2D eigenvalue weighted by Crippen LogP contribution is -2.40. The molecule has 0 aromatic rings. The number of hydrogen-bond donors (Lipinski definition) is 2. The molecule has 2 N–H and O–H groups in total. The molecule has 3 nitrogen and oxygen atoms in total. The second-order valence-electron chi connectivity index (χ2n) is 6.56. The summed E-state index contributed by atoms with van der Waals surface area (Å²) in [6, 6.07) is 0.433. The second kappa shape index (κ2) is 8.28. The number of thioether (sulfide) groups is 1. The molecular formula is C16H30N2OS. The lowest BCUT2D eigenvalue weighted by atomic mass is 9.85. The van der Waals surface area contributed by atoms with Crippen LogP contribution in [0.2, 0.25) is 0 Å². The van der Waals surface area contributed by atoms with Gasteiger partial charge in [-0.05, 0) is 69.7 Å². The van der Waals surface area contributed by atoms with E-state index in [9.17, 15) is 4.79 Å². The normalized spacial score (nSPS) is 32.6. The molecule has 1 aliphatic heterocycles. The summed E-state index contributed by atoms with van der Waals surface area (Å²) in [7, 11) is 0. The summed E-state index contributed by atoms with van der Waals surface area (Å²) in [5.74, 6) is 1.46. The number of amides is 1. The van der Waals surface area contributed by atoms with Crippen LogP contribution in [0.5, 0.6) is 0 Å². The molecule has 1 heterocycles. The minimum Gasteiger partial charge on any atom is -0.353 e. The molecule has 116 valence electrons. The molecule has 2 aliphatic rings. The number of hydrogen-bond acceptors (Lipinski definition) is 3. The van der Waals surface area contributed by atoms with E-state index in [0.717, 1.165) is 31.2 Å². The minimum atomic E-state index is 0.274. The fraction of sp³-hybridized carbons (Fsp3) is 0.938. The Labute approximate surface area is 128 Å². The highest BCUT2D eigenvalue weighted by Gasteiger charge is 2.25. The third-order valence-electron chi connectivity index (χ3n) is 5.02. The van der Waals surface area contributed by atoms with Gasteiger partial charge in [-0.25, -0.2) is 0 Å². The summed E-state index contributed by atoms with van der Waals surface area (Å²) < 4.78 is 0. The van der Waals surface area contributed by atoms with E-state index >= 15 is 0 Å². The zero-order valence-electron chi connectivity index (χ0n) is 13.0. The maximum atomic E-state index is 12.2. The molecule has 20 heavy (non-hydrogen) atoms. The van der Waals surface area contributed by atoms with Crippen molar-refractivity contribution in [2.24, 2.45) is 11.8 Å². The van der Waals surface area contributed by atoms with Crippen LogP contribution in [0.1, 0.15) is 51.9 Å². The molecule has 2 rings (SSSR count). The Morgan fingerprint density at radius 3 is 2.65 bits per heavy atom. The van der Waals surface area contributed by atoms with Crippen molar-refractivity contribution in [3.8, 4) is 0 Å². The highest BCUT2D eigenvalue weighted by molar-refractivity contribution is 7.99.